The average Bonchev–Trinajstić information content (AvgIpc) is 2.35. The van der Waals surface area contributed by atoms with Gasteiger partial charge < -0.3 is 5.32 Å². The Labute approximate surface area is 115 Å². The molecule has 0 saturated carbocycles. The molecule has 0 bridgehead atoms. The lowest BCUT2D eigenvalue weighted by molar-refractivity contribution is 0.244. The molecular weight excluding hydrogens is 260 g/mol. The van der Waals surface area contributed by atoms with Gasteiger partial charge in [0.1, 0.15) is 0 Å². The molecule has 1 fully saturated rings. The second-order valence-corrected chi connectivity index (χ2v) is 6.45. The van der Waals surface area contributed by atoms with Crippen molar-refractivity contribution in [3.05, 3.63) is 41.3 Å². The zero-order chi connectivity index (χ0) is 13.7. The van der Waals surface area contributed by atoms with E-state index in [0.717, 1.165) is 25.1 Å². The van der Waals surface area contributed by atoms with Crippen LogP contribution in [0.3, 0.4) is 0 Å². The van der Waals surface area contributed by atoms with Crippen molar-refractivity contribution in [3.63, 3.8) is 0 Å². The van der Waals surface area contributed by atoms with Crippen LogP contribution < -0.4 is 5.32 Å². The lowest BCUT2D eigenvalue weighted by atomic mass is 10.2. The zero-order valence-corrected chi connectivity index (χ0v) is 11.9. The maximum absolute atomic E-state index is 12.3. The number of hydrogen-bond acceptors (Lipinski definition) is 3. The number of sulfonamides is 1. The summed E-state index contributed by atoms with van der Waals surface area (Å²) in [5.74, 6) is 0. The lowest BCUT2D eigenvalue weighted by Crippen LogP contribution is -2.58. The number of nitrogens with zero attached hydrogens (tertiary/aromatic N) is 1. The quantitative estimate of drug-likeness (QED) is 0.862. The molecule has 5 heteroatoms. The van der Waals surface area contributed by atoms with Gasteiger partial charge in [0.05, 0.1) is 0 Å². The van der Waals surface area contributed by atoms with Crippen molar-refractivity contribution >= 4 is 16.1 Å². The van der Waals surface area contributed by atoms with Crippen LogP contribution in [0.25, 0.3) is 6.08 Å². The fourth-order valence-electron chi connectivity index (χ4n) is 2.02. The van der Waals surface area contributed by atoms with Gasteiger partial charge in [0, 0.05) is 31.1 Å². The molecule has 104 valence electrons. The predicted octanol–water partition coefficient (Wildman–Crippen LogP) is 1.67. The van der Waals surface area contributed by atoms with Gasteiger partial charge in [0.2, 0.25) is 10.0 Å². The van der Waals surface area contributed by atoms with Crippen LogP contribution in [-0.2, 0) is 10.0 Å². The van der Waals surface area contributed by atoms with E-state index in [1.54, 1.807) is 10.4 Å². The molecule has 1 heterocycles. The molecule has 1 aliphatic heterocycles. The molecule has 0 aromatic heterocycles. The highest BCUT2D eigenvalue weighted by Gasteiger charge is 2.31. The van der Waals surface area contributed by atoms with Gasteiger partial charge in [-0.25, -0.2) is 8.42 Å². The second-order valence-electron chi connectivity index (χ2n) is 4.68. The van der Waals surface area contributed by atoms with Crippen molar-refractivity contribution in [1.82, 2.24) is 9.62 Å². The molecule has 0 spiro atoms. The molecule has 1 aliphatic rings. The molecular formula is C14H20N2O2S. The van der Waals surface area contributed by atoms with Gasteiger partial charge in [-0.2, -0.15) is 4.31 Å². The van der Waals surface area contributed by atoms with Crippen LogP contribution >= 0.6 is 0 Å². The minimum Gasteiger partial charge on any atom is -0.313 e. The lowest BCUT2D eigenvalue weighted by Gasteiger charge is -2.36. The van der Waals surface area contributed by atoms with Gasteiger partial charge in [-0.05, 0) is 18.1 Å². The third kappa shape index (κ3) is 3.65. The fourth-order valence-corrected chi connectivity index (χ4v) is 3.51. The number of nitrogens with one attached hydrogen (secondary N) is 1. The zero-order valence-electron chi connectivity index (χ0n) is 11.1. The first-order valence-electron chi connectivity index (χ1n) is 6.59. The van der Waals surface area contributed by atoms with Crippen LogP contribution in [0.2, 0.25) is 0 Å². The highest BCUT2D eigenvalue weighted by atomic mass is 32.2. The maximum Gasteiger partial charge on any atom is 0.236 e. The van der Waals surface area contributed by atoms with Crippen molar-refractivity contribution < 1.29 is 8.42 Å². The van der Waals surface area contributed by atoms with Gasteiger partial charge >= 0.3 is 0 Å². The monoisotopic (exact) mass is 280 g/mol. The first kappa shape index (κ1) is 14.2. The summed E-state index contributed by atoms with van der Waals surface area (Å²) in [6, 6.07) is 9.58. The molecule has 0 radical (unpaired) electrons. The molecule has 0 aliphatic carbocycles. The Kier molecular flexibility index (Phi) is 4.74. The van der Waals surface area contributed by atoms with E-state index in [0.29, 0.717) is 6.54 Å². The number of benzene rings is 1. The van der Waals surface area contributed by atoms with Crippen LogP contribution in [0, 0.1) is 0 Å². The maximum atomic E-state index is 12.3. The van der Waals surface area contributed by atoms with Crippen molar-refractivity contribution in [2.24, 2.45) is 0 Å². The largest absolute Gasteiger partial charge is 0.313 e. The molecule has 0 unspecified atom stereocenters. The molecule has 1 saturated heterocycles. The van der Waals surface area contributed by atoms with Crippen LogP contribution in [0.1, 0.15) is 18.9 Å². The highest BCUT2D eigenvalue weighted by molar-refractivity contribution is 7.92. The van der Waals surface area contributed by atoms with Gasteiger partial charge in [-0.3, -0.25) is 0 Å². The summed E-state index contributed by atoms with van der Waals surface area (Å²) in [7, 11) is -3.33. The van der Waals surface area contributed by atoms with E-state index in [1.807, 2.05) is 37.3 Å². The Hall–Kier alpha value is -1.17. The van der Waals surface area contributed by atoms with E-state index >= 15 is 0 Å². The van der Waals surface area contributed by atoms with Gasteiger partial charge in [0.25, 0.3) is 0 Å². The van der Waals surface area contributed by atoms with Gasteiger partial charge in [0.15, 0.2) is 0 Å². The summed E-state index contributed by atoms with van der Waals surface area (Å²) >= 11 is 0. The number of hydrogen-bond donors (Lipinski definition) is 1. The molecule has 1 aromatic rings. The summed E-state index contributed by atoms with van der Waals surface area (Å²) < 4.78 is 26.3. The Morgan fingerprint density at radius 1 is 1.32 bits per heavy atom. The summed E-state index contributed by atoms with van der Waals surface area (Å²) in [4.78, 5) is 0. The first-order chi connectivity index (χ1) is 9.13. The van der Waals surface area contributed by atoms with Crippen molar-refractivity contribution in [1.29, 1.82) is 0 Å². The third-order valence-electron chi connectivity index (χ3n) is 3.17. The average molecular weight is 280 g/mol. The van der Waals surface area contributed by atoms with Crippen molar-refractivity contribution in [2.75, 3.05) is 19.6 Å². The van der Waals surface area contributed by atoms with Crippen LogP contribution in [0.4, 0.5) is 0 Å². The van der Waals surface area contributed by atoms with E-state index in [9.17, 15) is 8.42 Å². The number of rotatable bonds is 6. The standard InChI is InChI=1S/C14H20N2O2S/c1-2-9-16(14-11-15-12-14)19(17,18)10-8-13-6-4-3-5-7-13/h3-8,10,14-15H,2,9,11-12H2,1H3. The van der Waals surface area contributed by atoms with E-state index in [4.69, 9.17) is 0 Å². The van der Waals surface area contributed by atoms with E-state index < -0.39 is 10.0 Å². The van der Waals surface area contributed by atoms with Crippen molar-refractivity contribution in [3.8, 4) is 0 Å². The predicted molar refractivity (Wildman–Crippen MR) is 78.1 cm³/mol. The van der Waals surface area contributed by atoms with Crippen molar-refractivity contribution in [2.45, 2.75) is 19.4 Å². The molecule has 19 heavy (non-hydrogen) atoms. The molecule has 4 nitrogen and oxygen atoms in total. The Balaban J connectivity index is 2.13. The molecule has 0 atom stereocenters. The summed E-state index contributed by atoms with van der Waals surface area (Å²) in [5.41, 5.74) is 0.897. The molecule has 1 aromatic carbocycles. The minimum absolute atomic E-state index is 0.102. The Morgan fingerprint density at radius 3 is 2.53 bits per heavy atom. The smallest absolute Gasteiger partial charge is 0.236 e. The van der Waals surface area contributed by atoms with Crippen LogP contribution in [0.5, 0.6) is 0 Å². The molecule has 0 amide bonds. The Bertz CT molecular complexity index is 522. The summed E-state index contributed by atoms with van der Waals surface area (Å²) in [6.45, 7) is 4.07. The topological polar surface area (TPSA) is 49.4 Å². The Morgan fingerprint density at radius 2 is 2.00 bits per heavy atom. The van der Waals surface area contributed by atoms with Crippen LogP contribution in [-0.4, -0.2) is 38.4 Å². The normalized spacial score (nSPS) is 16.9. The fraction of sp³-hybridized carbons (Fsp3) is 0.429. The second kappa shape index (κ2) is 6.32. The highest BCUT2D eigenvalue weighted by Crippen LogP contribution is 2.15. The SMILES string of the molecule is CCCN(C1CNC1)S(=O)(=O)C=Cc1ccccc1. The first-order valence-corrected chi connectivity index (χ1v) is 8.09. The molecule has 2 rings (SSSR count). The van der Waals surface area contributed by atoms with E-state index in [2.05, 4.69) is 5.32 Å². The van der Waals surface area contributed by atoms with Gasteiger partial charge in [-0.1, -0.05) is 37.3 Å². The molecule has 1 N–H and O–H groups in total. The van der Waals surface area contributed by atoms with Crippen LogP contribution in [0.15, 0.2) is 35.7 Å². The van der Waals surface area contributed by atoms with E-state index in [1.165, 1.54) is 5.41 Å². The summed E-state index contributed by atoms with van der Waals surface area (Å²) in [6.07, 6.45) is 2.49. The van der Waals surface area contributed by atoms with Gasteiger partial charge in [-0.15, -0.1) is 0 Å². The summed E-state index contributed by atoms with van der Waals surface area (Å²) in [5, 5.41) is 4.43. The third-order valence-corrected chi connectivity index (χ3v) is 4.78. The minimum atomic E-state index is -3.33. The van der Waals surface area contributed by atoms with E-state index in [-0.39, 0.29) is 6.04 Å².